The molecule has 2 heterocycles. The predicted octanol–water partition coefficient (Wildman–Crippen LogP) is 12.3. The zero-order valence-electron chi connectivity index (χ0n) is 38.5. The second-order valence-electron chi connectivity index (χ2n) is 20.2. The van der Waals surface area contributed by atoms with Gasteiger partial charge in [-0.15, -0.1) is 0 Å². The maximum absolute atomic E-state index is 13.5. The number of ketones is 1. The summed E-state index contributed by atoms with van der Waals surface area (Å²) in [5.41, 5.74) is 9.09. The Labute approximate surface area is 386 Å². The number of hydrogen-bond donors (Lipinski definition) is 2. The van der Waals surface area contributed by atoms with Crippen LogP contribution in [0.1, 0.15) is 120 Å². The molecule has 0 saturated heterocycles. The van der Waals surface area contributed by atoms with Gasteiger partial charge in [-0.25, -0.2) is 18.1 Å². The molecule has 2 N–H and O–H groups in total. The molecule has 340 valence electrons. The van der Waals surface area contributed by atoms with Gasteiger partial charge in [0.25, 0.3) is 0 Å². The van der Waals surface area contributed by atoms with Crippen molar-refractivity contribution in [2.75, 3.05) is 0 Å². The van der Waals surface area contributed by atoms with Crippen molar-refractivity contribution in [3.05, 3.63) is 161 Å². The number of aliphatic hydroxyl groups is 2. The quantitative estimate of drug-likeness (QED) is 0.180. The molecule has 9 heteroatoms. The minimum Gasteiger partial charge on any atom is -0.386 e. The van der Waals surface area contributed by atoms with Crippen molar-refractivity contribution >= 4 is 33.7 Å². The fourth-order valence-corrected chi connectivity index (χ4v) is 12.7. The Balaban J connectivity index is 0.000000158. The Bertz CT molecular complexity index is 2970. The number of aromatic nitrogens is 4. The summed E-state index contributed by atoms with van der Waals surface area (Å²) in [5, 5.41) is 33.6. The molecule has 4 aliphatic carbocycles. The Morgan fingerprint density at radius 1 is 0.652 bits per heavy atom. The number of aryl methyl sites for hydroxylation is 2. The predicted molar refractivity (Wildman–Crippen MR) is 258 cm³/mol. The lowest BCUT2D eigenvalue weighted by atomic mass is 9.55. The van der Waals surface area contributed by atoms with E-state index in [1.54, 1.807) is 31.2 Å². The van der Waals surface area contributed by atoms with E-state index in [-0.39, 0.29) is 28.2 Å². The normalized spacial score (nSPS) is 27.8. The van der Waals surface area contributed by atoms with Gasteiger partial charge in [-0.3, -0.25) is 4.79 Å². The van der Waals surface area contributed by atoms with Crippen LogP contribution in [0.5, 0.6) is 0 Å². The number of hydrogen-bond acceptors (Lipinski definition) is 5. The summed E-state index contributed by atoms with van der Waals surface area (Å²) in [4.78, 5) is 12.8. The lowest BCUT2D eigenvalue weighted by Crippen LogP contribution is -2.52. The molecule has 2 aromatic heterocycles. The van der Waals surface area contributed by atoms with Gasteiger partial charge in [-0.05, 0) is 202 Å². The second-order valence-corrected chi connectivity index (χ2v) is 20.2. The molecule has 11 rings (SSSR count). The number of nitrogens with zero attached hydrogens (tertiary/aromatic N) is 4. The van der Waals surface area contributed by atoms with E-state index in [0.717, 1.165) is 109 Å². The van der Waals surface area contributed by atoms with Gasteiger partial charge in [0.15, 0.2) is 5.78 Å². The molecule has 0 radical (unpaired) electrons. The molecule has 7 aromatic rings. The first-order chi connectivity index (χ1) is 31.7. The van der Waals surface area contributed by atoms with Gasteiger partial charge in [0, 0.05) is 28.0 Å². The van der Waals surface area contributed by atoms with E-state index in [9.17, 15) is 23.8 Å². The van der Waals surface area contributed by atoms with Gasteiger partial charge in [0.1, 0.15) is 17.2 Å². The first-order valence-electron chi connectivity index (χ1n) is 24.0. The van der Waals surface area contributed by atoms with Crippen molar-refractivity contribution in [3.63, 3.8) is 0 Å². The number of rotatable bonds is 5. The van der Waals surface area contributed by atoms with Crippen LogP contribution in [0.3, 0.4) is 0 Å². The monoisotopic (exact) mass is 886 g/mol. The summed E-state index contributed by atoms with van der Waals surface area (Å²) in [6.07, 6.45) is 16.8. The van der Waals surface area contributed by atoms with Crippen LogP contribution in [0, 0.1) is 23.5 Å². The molecule has 6 atom stereocenters. The van der Waals surface area contributed by atoms with Crippen LogP contribution >= 0.6 is 0 Å². The summed E-state index contributed by atoms with van der Waals surface area (Å²) in [5.74, 6) is 0.165. The van der Waals surface area contributed by atoms with Crippen LogP contribution < -0.4 is 0 Å². The molecule has 66 heavy (non-hydrogen) atoms. The number of halogens is 2. The van der Waals surface area contributed by atoms with E-state index in [2.05, 4.69) is 78.7 Å². The van der Waals surface area contributed by atoms with E-state index < -0.39 is 11.2 Å². The maximum Gasteiger partial charge on any atom is 0.164 e. The van der Waals surface area contributed by atoms with Gasteiger partial charge in [0.05, 0.1) is 40.4 Å². The Morgan fingerprint density at radius 3 is 1.61 bits per heavy atom. The van der Waals surface area contributed by atoms with Gasteiger partial charge < -0.3 is 10.2 Å². The molecule has 0 spiro atoms. The molecular formula is C57H60F2N4O3. The molecule has 4 aliphatic rings. The molecule has 5 aromatic carbocycles. The Hall–Kier alpha value is -5.77. The topological polar surface area (TPSA) is 93.2 Å². The van der Waals surface area contributed by atoms with Crippen LogP contribution in [0.25, 0.3) is 39.3 Å². The zero-order chi connectivity index (χ0) is 46.0. The minimum absolute atomic E-state index is 0.0130. The molecule has 7 nitrogen and oxygen atoms in total. The van der Waals surface area contributed by atoms with Crippen LogP contribution in [0.2, 0.25) is 0 Å². The highest BCUT2D eigenvalue weighted by atomic mass is 19.1. The van der Waals surface area contributed by atoms with E-state index in [0.29, 0.717) is 24.7 Å². The molecule has 0 amide bonds. The minimum atomic E-state index is -1.22. The molecular weight excluding hydrogens is 827 g/mol. The van der Waals surface area contributed by atoms with Crippen molar-refractivity contribution < 1.29 is 23.8 Å². The SMILES string of the molecule is CC[C@@]12C/C(=C\c3ccccc3)[C@](C)(O)C[C@@H]1CCCc1cc3c(cnn3-c3ccc(F)cc3)cc12.CC[C@@]12CC(=O)[C@](C)(O)C[C@@H]1CCCc1cc3c(cnn3-c3ccc(F)cc3)cc12. The van der Waals surface area contributed by atoms with Crippen LogP contribution in [-0.4, -0.2) is 46.8 Å². The fourth-order valence-electron chi connectivity index (χ4n) is 12.7. The van der Waals surface area contributed by atoms with Gasteiger partial charge >= 0.3 is 0 Å². The Kier molecular flexibility index (Phi) is 11.2. The smallest absolute Gasteiger partial charge is 0.164 e. The summed E-state index contributed by atoms with van der Waals surface area (Å²) < 4.78 is 30.7. The van der Waals surface area contributed by atoms with Crippen molar-refractivity contribution in [2.45, 2.75) is 127 Å². The molecule has 0 unspecified atom stereocenters. The van der Waals surface area contributed by atoms with Gasteiger partial charge in [0.2, 0.25) is 0 Å². The van der Waals surface area contributed by atoms with Crippen molar-refractivity contribution in [3.8, 4) is 11.4 Å². The summed E-state index contributed by atoms with van der Waals surface area (Å²) >= 11 is 0. The van der Waals surface area contributed by atoms with E-state index in [1.165, 1.54) is 46.5 Å². The van der Waals surface area contributed by atoms with Crippen LogP contribution in [0.15, 0.2) is 121 Å². The summed E-state index contributed by atoms with van der Waals surface area (Å²) in [7, 11) is 0. The highest BCUT2D eigenvalue weighted by Crippen LogP contribution is 2.57. The van der Waals surface area contributed by atoms with E-state index >= 15 is 0 Å². The third-order valence-corrected chi connectivity index (χ3v) is 16.3. The first kappa shape index (κ1) is 44.1. The van der Waals surface area contributed by atoms with Crippen molar-refractivity contribution in [2.24, 2.45) is 11.8 Å². The zero-order valence-corrected chi connectivity index (χ0v) is 38.5. The first-order valence-corrected chi connectivity index (χ1v) is 24.0. The number of carbonyl (C=O) groups excluding carboxylic acids is 1. The number of Topliss-reactive ketones (excluding diaryl/α,β-unsaturated/α-hetero) is 1. The lowest BCUT2D eigenvalue weighted by molar-refractivity contribution is -0.146. The third kappa shape index (κ3) is 7.62. The highest BCUT2D eigenvalue weighted by Gasteiger charge is 2.53. The van der Waals surface area contributed by atoms with E-state index in [1.807, 2.05) is 34.7 Å². The average molecular weight is 887 g/mol. The largest absolute Gasteiger partial charge is 0.386 e. The number of fused-ring (bicyclic) bond motifs is 8. The molecule has 2 saturated carbocycles. The van der Waals surface area contributed by atoms with Crippen LogP contribution in [-0.2, 0) is 28.5 Å². The molecule has 0 bridgehead atoms. The fraction of sp³-hybridized carbons (Fsp3) is 0.386. The van der Waals surface area contributed by atoms with E-state index in [4.69, 9.17) is 0 Å². The average Bonchev–Trinajstić information content (AvgIpc) is 3.84. The summed E-state index contributed by atoms with van der Waals surface area (Å²) in [6, 6.07) is 32.4. The number of carbonyl (C=O) groups is 1. The van der Waals surface area contributed by atoms with Gasteiger partial charge in [-0.1, -0.05) is 50.3 Å². The van der Waals surface area contributed by atoms with Crippen molar-refractivity contribution in [1.82, 2.24) is 19.6 Å². The number of benzene rings is 5. The molecule has 0 aliphatic heterocycles. The van der Waals surface area contributed by atoms with Crippen molar-refractivity contribution in [1.29, 1.82) is 0 Å². The maximum atomic E-state index is 13.5. The highest BCUT2D eigenvalue weighted by molar-refractivity contribution is 5.90. The molecule has 2 fully saturated rings. The third-order valence-electron chi connectivity index (χ3n) is 16.3. The summed E-state index contributed by atoms with van der Waals surface area (Å²) in [6.45, 7) is 8.16. The van der Waals surface area contributed by atoms with Crippen LogP contribution in [0.4, 0.5) is 8.78 Å². The standard InChI is InChI=1S/C32H33FN2O.C25H27FN2O2/c1-3-32-20-26(16-22-8-5-4-6-9-22)31(2,36)19-25(32)11-7-10-23-18-30-24(17-29(23)32)21-34-35(30)28-14-12-27(33)13-15-28;1-3-25-14-23(29)24(2,30)13-18(25)6-4-5-16-12-22-17(11-21(16)25)15-27-28(22)20-9-7-19(26)8-10-20/h4-6,8-9,12-18,21,25,36H,3,7,10-11,19-20H2,1-2H3;7-12,15,18,30H,3-6,13-14H2,1-2H3/b26-16+;/t25-,31+,32+;18-,24+,25+/m00/s1. The Morgan fingerprint density at radius 2 is 1.12 bits per heavy atom. The van der Waals surface area contributed by atoms with Gasteiger partial charge in [-0.2, -0.15) is 10.2 Å². The second kappa shape index (κ2) is 16.8. The lowest BCUT2D eigenvalue weighted by Gasteiger charge is -2.50.